The molecule has 0 spiro atoms. The van der Waals surface area contributed by atoms with Gasteiger partial charge in [0.1, 0.15) is 5.78 Å². The Balaban J connectivity index is 2.38. The largest absolute Gasteiger partial charge is 0.299 e. The average molecular weight is 343 g/mol. The minimum absolute atomic E-state index is 0.0172. The van der Waals surface area contributed by atoms with Crippen molar-refractivity contribution in [2.75, 3.05) is 0 Å². The van der Waals surface area contributed by atoms with Gasteiger partial charge in [-0.15, -0.1) is 0 Å². The third-order valence-electron chi connectivity index (χ3n) is 4.43. The lowest BCUT2D eigenvalue weighted by molar-refractivity contribution is -0.130. The van der Waals surface area contributed by atoms with Crippen LogP contribution < -0.4 is 0 Å². The summed E-state index contributed by atoms with van der Waals surface area (Å²) in [6.45, 7) is 7.77. The van der Waals surface area contributed by atoms with Crippen LogP contribution in [0.25, 0.3) is 6.08 Å². The van der Waals surface area contributed by atoms with Crippen molar-refractivity contribution in [1.82, 2.24) is 0 Å². The number of carbonyl (C=O) groups excluding carboxylic acids is 2. The van der Waals surface area contributed by atoms with E-state index in [4.69, 9.17) is 0 Å². The molecular formula is C23H34O2. The Bertz CT molecular complexity index is 559. The Kier molecular flexibility index (Phi) is 9.41. The van der Waals surface area contributed by atoms with Crippen molar-refractivity contribution in [2.45, 2.75) is 79.1 Å². The first kappa shape index (κ1) is 21.3. The normalized spacial score (nSPS) is 11.8. The molecule has 2 heteroatoms. The van der Waals surface area contributed by atoms with Crippen LogP contribution in [-0.2, 0) is 16.0 Å². The summed E-state index contributed by atoms with van der Waals surface area (Å²) in [4.78, 5) is 23.7. The molecule has 0 aliphatic carbocycles. The van der Waals surface area contributed by atoms with Gasteiger partial charge in [0.05, 0.1) is 6.42 Å². The van der Waals surface area contributed by atoms with Gasteiger partial charge >= 0.3 is 0 Å². The van der Waals surface area contributed by atoms with Crippen LogP contribution in [0.1, 0.15) is 83.8 Å². The number of hydrogen-bond acceptors (Lipinski definition) is 2. The number of hydrogen-bond donors (Lipinski definition) is 0. The molecule has 0 saturated carbocycles. The van der Waals surface area contributed by atoms with Crippen LogP contribution in [0.3, 0.4) is 0 Å². The number of carbonyl (C=O) groups is 2. The number of benzene rings is 1. The highest BCUT2D eigenvalue weighted by molar-refractivity contribution is 6.07. The second-order valence-electron chi connectivity index (χ2n) is 7.91. The van der Waals surface area contributed by atoms with E-state index in [-0.39, 0.29) is 18.0 Å². The molecule has 1 rings (SSSR count). The first-order chi connectivity index (χ1) is 11.8. The molecule has 0 bridgehead atoms. The van der Waals surface area contributed by atoms with E-state index < -0.39 is 5.41 Å². The molecule has 2 nitrogen and oxygen atoms in total. The summed E-state index contributed by atoms with van der Waals surface area (Å²) in [5, 5.41) is 0. The first-order valence-electron chi connectivity index (χ1n) is 9.66. The predicted molar refractivity (Wildman–Crippen MR) is 107 cm³/mol. The maximum Gasteiger partial charge on any atom is 0.163 e. The van der Waals surface area contributed by atoms with Crippen molar-refractivity contribution in [3.8, 4) is 0 Å². The van der Waals surface area contributed by atoms with E-state index in [9.17, 15) is 9.59 Å². The molecule has 0 N–H and O–H groups in total. The third kappa shape index (κ3) is 9.38. The van der Waals surface area contributed by atoms with Gasteiger partial charge in [0.2, 0.25) is 0 Å². The van der Waals surface area contributed by atoms with Crippen molar-refractivity contribution in [1.29, 1.82) is 0 Å². The van der Waals surface area contributed by atoms with Crippen LogP contribution in [0.15, 0.2) is 30.3 Å². The molecular weight excluding hydrogens is 308 g/mol. The molecule has 0 unspecified atom stereocenters. The summed E-state index contributed by atoms with van der Waals surface area (Å²) < 4.78 is 0. The second-order valence-corrected chi connectivity index (χ2v) is 7.91. The van der Waals surface area contributed by atoms with E-state index in [2.05, 4.69) is 19.1 Å². The monoisotopic (exact) mass is 342 g/mol. The van der Waals surface area contributed by atoms with Crippen molar-refractivity contribution in [3.05, 3.63) is 41.5 Å². The lowest BCUT2D eigenvalue weighted by Crippen LogP contribution is -2.22. The number of allylic oxidation sites excluding steroid dienone is 1. The van der Waals surface area contributed by atoms with Gasteiger partial charge < -0.3 is 0 Å². The smallest absolute Gasteiger partial charge is 0.163 e. The topological polar surface area (TPSA) is 34.1 Å². The van der Waals surface area contributed by atoms with E-state index in [1.54, 1.807) is 6.08 Å². The van der Waals surface area contributed by atoms with E-state index in [1.165, 1.54) is 50.2 Å². The second kappa shape index (κ2) is 11.0. The van der Waals surface area contributed by atoms with E-state index >= 15 is 0 Å². The minimum Gasteiger partial charge on any atom is -0.299 e. The summed E-state index contributed by atoms with van der Waals surface area (Å²) in [6.07, 6.45) is 12.3. The highest BCUT2D eigenvalue weighted by atomic mass is 16.1. The average Bonchev–Trinajstić information content (AvgIpc) is 2.56. The van der Waals surface area contributed by atoms with Gasteiger partial charge in [0, 0.05) is 5.41 Å². The van der Waals surface area contributed by atoms with Crippen molar-refractivity contribution in [3.63, 3.8) is 0 Å². The Morgan fingerprint density at radius 1 is 0.920 bits per heavy atom. The van der Waals surface area contributed by atoms with Gasteiger partial charge in [-0.1, -0.05) is 90.1 Å². The minimum atomic E-state index is -0.457. The molecule has 0 fully saturated rings. The molecule has 25 heavy (non-hydrogen) atoms. The van der Waals surface area contributed by atoms with Crippen molar-refractivity contribution in [2.24, 2.45) is 5.41 Å². The number of rotatable bonds is 11. The van der Waals surface area contributed by atoms with Crippen molar-refractivity contribution >= 4 is 17.6 Å². The van der Waals surface area contributed by atoms with Crippen LogP contribution >= 0.6 is 0 Å². The third-order valence-corrected chi connectivity index (χ3v) is 4.43. The lowest BCUT2D eigenvalue weighted by Gasteiger charge is -2.14. The molecule has 0 saturated heterocycles. The maximum absolute atomic E-state index is 11.9. The zero-order valence-electron chi connectivity index (χ0n) is 16.4. The fraction of sp³-hybridized carbons (Fsp3) is 0.565. The van der Waals surface area contributed by atoms with Crippen molar-refractivity contribution < 1.29 is 9.59 Å². The van der Waals surface area contributed by atoms with Gasteiger partial charge in [-0.25, -0.2) is 0 Å². The Labute approximate surface area is 153 Å². The molecule has 0 aliphatic heterocycles. The summed E-state index contributed by atoms with van der Waals surface area (Å²) in [7, 11) is 0. The molecule has 0 heterocycles. The van der Waals surface area contributed by atoms with Gasteiger partial charge in [0.15, 0.2) is 5.78 Å². The molecule has 0 aliphatic rings. The lowest BCUT2D eigenvalue weighted by atomic mass is 9.88. The van der Waals surface area contributed by atoms with Gasteiger partial charge in [-0.3, -0.25) is 9.59 Å². The van der Waals surface area contributed by atoms with Crippen LogP contribution in [0.5, 0.6) is 0 Å². The fourth-order valence-electron chi connectivity index (χ4n) is 2.58. The fourth-order valence-corrected chi connectivity index (χ4v) is 2.58. The first-order valence-corrected chi connectivity index (χ1v) is 9.66. The highest BCUT2D eigenvalue weighted by Gasteiger charge is 2.22. The number of aryl methyl sites for hydroxylation is 1. The zero-order chi connectivity index (χ0) is 18.7. The standard InChI is InChI=1S/C23H34O2/c1-5-6-7-8-9-10-11-19-12-14-20(15-13-19)16-17-21(24)18-22(25)23(2,3)4/h12-17H,5-11,18H2,1-4H3. The van der Waals surface area contributed by atoms with Crippen LogP contribution in [0.2, 0.25) is 0 Å². The van der Waals surface area contributed by atoms with Crippen LogP contribution in [0, 0.1) is 5.41 Å². The predicted octanol–water partition coefficient (Wildman–Crippen LogP) is 6.18. The highest BCUT2D eigenvalue weighted by Crippen LogP contribution is 2.17. The molecule has 1 aromatic carbocycles. The maximum atomic E-state index is 11.9. The SMILES string of the molecule is CCCCCCCCc1ccc(C=CC(=O)CC(=O)C(C)(C)C)cc1. The Morgan fingerprint density at radius 2 is 1.52 bits per heavy atom. The molecule has 138 valence electrons. The zero-order valence-corrected chi connectivity index (χ0v) is 16.4. The summed E-state index contributed by atoms with van der Waals surface area (Å²) in [6, 6.07) is 8.36. The Hall–Kier alpha value is -1.70. The summed E-state index contributed by atoms with van der Waals surface area (Å²) in [5.41, 5.74) is 1.90. The molecule has 1 aromatic rings. The van der Waals surface area contributed by atoms with E-state index in [1.807, 2.05) is 32.9 Å². The summed E-state index contributed by atoms with van der Waals surface area (Å²) in [5.74, 6) is -0.146. The van der Waals surface area contributed by atoms with Gasteiger partial charge in [-0.05, 0) is 30.0 Å². The van der Waals surface area contributed by atoms with Gasteiger partial charge in [0.25, 0.3) is 0 Å². The van der Waals surface area contributed by atoms with E-state index in [0.29, 0.717) is 0 Å². The molecule has 0 aromatic heterocycles. The molecule has 0 amide bonds. The van der Waals surface area contributed by atoms with Crippen LogP contribution in [0.4, 0.5) is 0 Å². The quantitative estimate of drug-likeness (QED) is 0.273. The number of unbranched alkanes of at least 4 members (excludes halogenated alkanes) is 5. The van der Waals surface area contributed by atoms with E-state index in [0.717, 1.165) is 12.0 Å². The summed E-state index contributed by atoms with van der Waals surface area (Å²) >= 11 is 0. The molecule has 0 radical (unpaired) electrons. The Morgan fingerprint density at radius 3 is 2.12 bits per heavy atom. The molecule has 0 atom stereocenters. The number of ketones is 2. The van der Waals surface area contributed by atoms with Crippen LogP contribution in [-0.4, -0.2) is 11.6 Å². The van der Waals surface area contributed by atoms with Gasteiger partial charge in [-0.2, -0.15) is 0 Å². The number of Topliss-reactive ketones (excluding diaryl/α,β-unsaturated/α-hetero) is 1.